The molecule has 1 saturated carbocycles. The normalized spacial score (nSPS) is 28.7. The quantitative estimate of drug-likeness (QED) is 0.619. The van der Waals surface area contributed by atoms with Crippen LogP contribution in [-0.4, -0.2) is 97.3 Å². The van der Waals surface area contributed by atoms with Crippen LogP contribution in [0, 0.1) is 5.92 Å². The lowest BCUT2D eigenvalue weighted by atomic mass is 9.83. The number of alkyl halides is 1. The Morgan fingerprint density at radius 1 is 1.06 bits per heavy atom. The van der Waals surface area contributed by atoms with E-state index in [9.17, 15) is 14.4 Å². The van der Waals surface area contributed by atoms with Gasteiger partial charge in [0.25, 0.3) is 5.91 Å². The van der Waals surface area contributed by atoms with Crippen LogP contribution in [0.25, 0.3) is 0 Å². The molecule has 2 amide bonds. The van der Waals surface area contributed by atoms with Crippen molar-refractivity contribution >= 4 is 34.9 Å². The Labute approximate surface area is 211 Å². The summed E-state index contributed by atoms with van der Waals surface area (Å²) in [6.07, 6.45) is 4.53. The summed E-state index contributed by atoms with van der Waals surface area (Å²) in [6, 6.07) is 6.32. The molecular weight excluding hydrogens is 468 g/mol. The van der Waals surface area contributed by atoms with E-state index in [1.165, 1.54) is 0 Å². The van der Waals surface area contributed by atoms with Crippen molar-refractivity contribution < 1.29 is 19.1 Å². The number of rotatable bonds is 5. The number of Topliss-reactive ketones (excluding diaryl/α,β-unsaturated/α-hetero) is 1. The zero-order valence-corrected chi connectivity index (χ0v) is 21.1. The average Bonchev–Trinajstić information content (AvgIpc) is 3.43. The summed E-state index contributed by atoms with van der Waals surface area (Å²) in [6.45, 7) is 4.21. The second-order valence-electron chi connectivity index (χ2n) is 10.4. The number of carbonyl (C=O) groups excluding carboxylic acids is 3. The number of ketones is 1. The third-order valence-electron chi connectivity index (χ3n) is 8.08. The number of amides is 2. The lowest BCUT2D eigenvalue weighted by molar-refractivity contribution is -0.139. The molecule has 5 rings (SSSR count). The van der Waals surface area contributed by atoms with E-state index in [1.807, 2.05) is 24.3 Å². The van der Waals surface area contributed by atoms with Gasteiger partial charge in [-0.15, -0.1) is 11.6 Å². The molecule has 3 saturated heterocycles. The molecule has 4 atom stereocenters. The molecule has 190 valence electrons. The maximum atomic E-state index is 13.8. The van der Waals surface area contributed by atoms with E-state index in [0.29, 0.717) is 5.56 Å². The van der Waals surface area contributed by atoms with E-state index in [1.54, 1.807) is 4.90 Å². The molecule has 0 bridgehead atoms. The molecule has 35 heavy (non-hydrogen) atoms. The first-order valence-corrected chi connectivity index (χ1v) is 13.3. The summed E-state index contributed by atoms with van der Waals surface area (Å²) in [5.41, 5.74) is 1.64. The fourth-order valence-corrected chi connectivity index (χ4v) is 6.32. The highest BCUT2D eigenvalue weighted by Crippen LogP contribution is 2.34. The van der Waals surface area contributed by atoms with E-state index < -0.39 is 23.6 Å². The van der Waals surface area contributed by atoms with Crippen LogP contribution in [0.4, 0.5) is 5.69 Å². The second kappa shape index (κ2) is 10.4. The lowest BCUT2D eigenvalue weighted by Gasteiger charge is -2.34. The Morgan fingerprint density at radius 2 is 1.74 bits per heavy atom. The number of hydrogen-bond acceptors (Lipinski definition) is 6. The van der Waals surface area contributed by atoms with Gasteiger partial charge in [-0.3, -0.25) is 14.4 Å². The number of likely N-dealkylation sites (tertiary alicyclic amines) is 1. The number of ether oxygens (including phenoxy) is 1. The minimum absolute atomic E-state index is 0.0115. The van der Waals surface area contributed by atoms with Crippen LogP contribution in [0.5, 0.6) is 0 Å². The molecular formula is C26H35ClN4O4. The predicted molar refractivity (Wildman–Crippen MR) is 134 cm³/mol. The van der Waals surface area contributed by atoms with Crippen LogP contribution >= 0.6 is 11.6 Å². The molecule has 1 N–H and O–H groups in total. The van der Waals surface area contributed by atoms with E-state index in [2.05, 4.69) is 22.2 Å². The number of halogens is 1. The molecule has 1 aromatic rings. The molecule has 0 radical (unpaired) electrons. The Bertz CT molecular complexity index is 943. The Balaban J connectivity index is 1.31. The highest BCUT2D eigenvalue weighted by atomic mass is 35.5. The summed E-state index contributed by atoms with van der Waals surface area (Å²) in [5, 5.41) is 2.63. The average molecular weight is 503 g/mol. The Kier molecular flexibility index (Phi) is 7.32. The highest BCUT2D eigenvalue weighted by Gasteiger charge is 2.53. The molecule has 4 fully saturated rings. The number of hydrogen-bond donors (Lipinski definition) is 1. The number of likely N-dealkylation sites (N-methyl/N-ethyl adjacent to an activating group) is 1. The van der Waals surface area contributed by atoms with Crippen LogP contribution in [-0.2, 0) is 14.3 Å². The van der Waals surface area contributed by atoms with Gasteiger partial charge in [0.1, 0.15) is 24.8 Å². The third-order valence-corrected chi connectivity index (χ3v) is 8.46. The van der Waals surface area contributed by atoms with Gasteiger partial charge in [-0.1, -0.05) is 19.3 Å². The number of fused-ring (bicyclic) bond motifs is 1. The number of piperazine rings is 1. The standard InChI is InChI=1S/C26H35ClN4O4/c1-29-11-13-30(14-12-29)19-9-7-18(8-10-19)25(33)28-22(17-5-3-2-4-6-17)26(34)31-15-20(27)24-23(31)21(32)16-35-24/h7-10,17,20,22-24H,2-6,11-16H2,1H3,(H,28,33)/t20-,22-,23+,24+/m0/s1. The minimum atomic E-state index is -0.670. The van der Waals surface area contributed by atoms with Gasteiger partial charge in [0.15, 0.2) is 5.78 Å². The smallest absolute Gasteiger partial charge is 0.251 e. The predicted octanol–water partition coefficient (Wildman–Crippen LogP) is 1.90. The van der Waals surface area contributed by atoms with E-state index in [0.717, 1.165) is 64.0 Å². The number of nitrogens with one attached hydrogen (secondary N) is 1. The largest absolute Gasteiger partial charge is 0.369 e. The molecule has 1 aliphatic carbocycles. The lowest BCUT2D eigenvalue weighted by Crippen LogP contribution is -2.55. The summed E-state index contributed by atoms with van der Waals surface area (Å²) >= 11 is 6.43. The van der Waals surface area contributed by atoms with Crippen molar-refractivity contribution in [2.75, 3.05) is 51.3 Å². The second-order valence-corrected chi connectivity index (χ2v) is 10.9. The Hall–Kier alpha value is -2.16. The third kappa shape index (κ3) is 5.06. The van der Waals surface area contributed by atoms with Crippen LogP contribution in [0.3, 0.4) is 0 Å². The van der Waals surface area contributed by atoms with E-state index in [4.69, 9.17) is 16.3 Å². The van der Waals surface area contributed by atoms with Crippen LogP contribution in [0.1, 0.15) is 42.5 Å². The molecule has 4 aliphatic rings. The number of benzene rings is 1. The zero-order valence-electron chi connectivity index (χ0n) is 20.3. The SMILES string of the molecule is CN1CCN(c2ccc(C(=O)N[C@H](C(=O)N3C[C@H](Cl)[C@H]4OCC(=O)[C@H]43)C3CCCCC3)cc2)CC1. The molecule has 3 aliphatic heterocycles. The molecule has 9 heteroatoms. The van der Waals surface area contributed by atoms with Crippen molar-refractivity contribution in [2.24, 2.45) is 5.92 Å². The summed E-state index contributed by atoms with van der Waals surface area (Å²) in [7, 11) is 2.13. The van der Waals surface area contributed by atoms with Gasteiger partial charge in [-0.2, -0.15) is 0 Å². The first-order valence-electron chi connectivity index (χ1n) is 12.9. The van der Waals surface area contributed by atoms with Crippen molar-refractivity contribution in [1.82, 2.24) is 15.1 Å². The summed E-state index contributed by atoms with van der Waals surface area (Å²) < 4.78 is 5.56. The van der Waals surface area contributed by atoms with E-state index >= 15 is 0 Å². The zero-order chi connectivity index (χ0) is 24.5. The van der Waals surface area contributed by atoms with Crippen LogP contribution in [0.2, 0.25) is 0 Å². The number of nitrogens with zero attached hydrogens (tertiary/aromatic N) is 3. The van der Waals surface area contributed by atoms with E-state index in [-0.39, 0.29) is 36.7 Å². The highest BCUT2D eigenvalue weighted by molar-refractivity contribution is 6.22. The first-order chi connectivity index (χ1) is 16.9. The fraction of sp³-hybridized carbons (Fsp3) is 0.654. The molecule has 3 heterocycles. The summed E-state index contributed by atoms with van der Waals surface area (Å²) in [4.78, 5) is 45.7. The van der Waals surface area contributed by atoms with Gasteiger partial charge in [0.2, 0.25) is 5.91 Å². The van der Waals surface area contributed by atoms with Gasteiger partial charge in [0.05, 0.1) is 5.38 Å². The Morgan fingerprint density at radius 3 is 2.43 bits per heavy atom. The number of anilines is 1. The maximum Gasteiger partial charge on any atom is 0.251 e. The monoisotopic (exact) mass is 502 g/mol. The van der Waals surface area contributed by atoms with Crippen LogP contribution in [0.15, 0.2) is 24.3 Å². The minimum Gasteiger partial charge on any atom is -0.369 e. The van der Waals surface area contributed by atoms with Gasteiger partial charge in [0, 0.05) is 44.0 Å². The maximum absolute atomic E-state index is 13.8. The van der Waals surface area contributed by atoms with Crippen LogP contribution < -0.4 is 10.2 Å². The van der Waals surface area contributed by atoms with Gasteiger partial charge in [-0.25, -0.2) is 0 Å². The fourth-order valence-electron chi connectivity index (χ4n) is 5.96. The molecule has 1 aromatic carbocycles. The molecule has 0 unspecified atom stereocenters. The van der Waals surface area contributed by atoms with Crippen molar-refractivity contribution in [3.63, 3.8) is 0 Å². The van der Waals surface area contributed by atoms with Crippen molar-refractivity contribution in [3.05, 3.63) is 29.8 Å². The summed E-state index contributed by atoms with van der Waals surface area (Å²) in [5.74, 6) is -0.530. The molecule has 8 nitrogen and oxygen atoms in total. The van der Waals surface area contributed by atoms with Crippen molar-refractivity contribution in [2.45, 2.75) is 55.7 Å². The van der Waals surface area contributed by atoms with Crippen molar-refractivity contribution in [3.8, 4) is 0 Å². The van der Waals surface area contributed by atoms with Gasteiger partial charge >= 0.3 is 0 Å². The topological polar surface area (TPSA) is 82.2 Å². The molecule has 0 aromatic heterocycles. The van der Waals surface area contributed by atoms with Crippen molar-refractivity contribution in [1.29, 1.82) is 0 Å². The number of carbonyl (C=O) groups is 3. The van der Waals surface area contributed by atoms with Gasteiger partial charge in [-0.05, 0) is 50.1 Å². The first kappa shape index (κ1) is 24.5. The molecule has 0 spiro atoms. The van der Waals surface area contributed by atoms with Gasteiger partial charge < -0.3 is 24.8 Å².